The second-order valence-electron chi connectivity index (χ2n) is 5.60. The molecule has 0 amide bonds. The number of hydrogen-bond acceptors (Lipinski definition) is 4. The van der Waals surface area contributed by atoms with E-state index >= 15 is 0 Å². The first-order chi connectivity index (χ1) is 11.6. The van der Waals surface area contributed by atoms with Crippen molar-refractivity contribution < 1.29 is 14.4 Å². The molecule has 0 aliphatic heterocycles. The summed E-state index contributed by atoms with van der Waals surface area (Å²) in [7, 11) is 0. The first kappa shape index (κ1) is 14.4. The molecule has 0 fully saturated rings. The lowest BCUT2D eigenvalue weighted by Gasteiger charge is -2.11. The van der Waals surface area contributed by atoms with E-state index in [1.165, 1.54) is 12.1 Å². The Morgan fingerprint density at radius 2 is 1.54 bits per heavy atom. The molecule has 0 spiro atoms. The summed E-state index contributed by atoms with van der Waals surface area (Å²) in [6.45, 7) is 0. The van der Waals surface area contributed by atoms with Gasteiger partial charge in [-0.25, -0.2) is 0 Å². The molecule has 1 N–H and O–H groups in total. The maximum Gasteiger partial charge on any atom is 0.269 e. The number of rotatable bonds is 3. The summed E-state index contributed by atoms with van der Waals surface area (Å²) < 4.78 is 5.83. The number of aliphatic hydroxyl groups is 1. The predicted molar refractivity (Wildman–Crippen MR) is 90.9 cm³/mol. The SMILES string of the molecule is O=[N+]([O-])c1ccc([C@H](O)c2ccc3c(c2)oc2ccccc23)cc1. The van der Waals surface area contributed by atoms with E-state index < -0.39 is 11.0 Å². The molecule has 118 valence electrons. The van der Waals surface area contributed by atoms with Crippen molar-refractivity contribution in [3.63, 3.8) is 0 Å². The fourth-order valence-electron chi connectivity index (χ4n) is 2.88. The van der Waals surface area contributed by atoms with Crippen LogP contribution in [-0.4, -0.2) is 10.0 Å². The van der Waals surface area contributed by atoms with Crippen molar-refractivity contribution in [2.24, 2.45) is 0 Å². The monoisotopic (exact) mass is 319 g/mol. The normalized spacial score (nSPS) is 12.5. The minimum atomic E-state index is -0.872. The molecule has 24 heavy (non-hydrogen) atoms. The zero-order valence-corrected chi connectivity index (χ0v) is 12.5. The van der Waals surface area contributed by atoms with Crippen LogP contribution in [0.25, 0.3) is 21.9 Å². The number of nitrogens with zero attached hydrogens (tertiary/aromatic N) is 1. The van der Waals surface area contributed by atoms with E-state index in [2.05, 4.69) is 0 Å². The van der Waals surface area contributed by atoms with Crippen molar-refractivity contribution in [2.75, 3.05) is 0 Å². The molecule has 3 aromatic carbocycles. The molecule has 4 aromatic rings. The zero-order chi connectivity index (χ0) is 16.7. The van der Waals surface area contributed by atoms with Gasteiger partial charge in [0.1, 0.15) is 17.3 Å². The fraction of sp³-hybridized carbons (Fsp3) is 0.0526. The average Bonchev–Trinajstić information content (AvgIpc) is 2.99. The van der Waals surface area contributed by atoms with Gasteiger partial charge in [-0.05, 0) is 35.4 Å². The Kier molecular flexibility index (Phi) is 3.29. The first-order valence-electron chi connectivity index (χ1n) is 7.47. The van der Waals surface area contributed by atoms with E-state index in [9.17, 15) is 15.2 Å². The highest BCUT2D eigenvalue weighted by Gasteiger charge is 2.15. The largest absolute Gasteiger partial charge is 0.456 e. The van der Waals surface area contributed by atoms with Crippen molar-refractivity contribution >= 4 is 27.6 Å². The molecule has 0 saturated heterocycles. The Morgan fingerprint density at radius 3 is 2.29 bits per heavy atom. The quantitative estimate of drug-likeness (QED) is 0.443. The predicted octanol–water partition coefficient (Wildman–Crippen LogP) is 4.58. The van der Waals surface area contributed by atoms with Gasteiger partial charge in [-0.2, -0.15) is 0 Å². The Labute approximate surface area is 136 Å². The highest BCUT2D eigenvalue weighted by molar-refractivity contribution is 6.04. The van der Waals surface area contributed by atoms with E-state index in [-0.39, 0.29) is 5.69 Å². The third-order valence-corrected chi connectivity index (χ3v) is 4.14. The van der Waals surface area contributed by atoms with Crippen LogP contribution in [0.15, 0.2) is 71.1 Å². The molecule has 5 nitrogen and oxygen atoms in total. The van der Waals surface area contributed by atoms with Gasteiger partial charge in [0, 0.05) is 22.9 Å². The van der Waals surface area contributed by atoms with Gasteiger partial charge in [-0.15, -0.1) is 0 Å². The van der Waals surface area contributed by atoms with Crippen molar-refractivity contribution in [2.45, 2.75) is 6.10 Å². The maximum absolute atomic E-state index is 10.7. The lowest BCUT2D eigenvalue weighted by molar-refractivity contribution is -0.384. The van der Waals surface area contributed by atoms with E-state index in [1.807, 2.05) is 36.4 Å². The van der Waals surface area contributed by atoms with Gasteiger partial charge in [0.05, 0.1) is 4.92 Å². The number of nitro groups is 1. The Hall–Kier alpha value is -3.18. The van der Waals surface area contributed by atoms with Gasteiger partial charge in [0.15, 0.2) is 0 Å². The van der Waals surface area contributed by atoms with Crippen LogP contribution in [0.2, 0.25) is 0 Å². The molecule has 0 aliphatic carbocycles. The number of fused-ring (bicyclic) bond motifs is 3. The topological polar surface area (TPSA) is 76.5 Å². The van der Waals surface area contributed by atoms with Gasteiger partial charge < -0.3 is 9.52 Å². The number of nitro benzene ring substituents is 1. The summed E-state index contributed by atoms with van der Waals surface area (Å²) in [6.07, 6.45) is -0.872. The third-order valence-electron chi connectivity index (χ3n) is 4.14. The highest BCUT2D eigenvalue weighted by Crippen LogP contribution is 2.32. The summed E-state index contributed by atoms with van der Waals surface area (Å²) in [5.41, 5.74) is 2.77. The summed E-state index contributed by atoms with van der Waals surface area (Å²) in [5, 5.41) is 23.3. The molecule has 0 unspecified atom stereocenters. The maximum atomic E-state index is 10.7. The molecule has 1 heterocycles. The number of benzene rings is 3. The molecule has 0 saturated carbocycles. The average molecular weight is 319 g/mol. The minimum Gasteiger partial charge on any atom is -0.456 e. The molecule has 4 rings (SSSR count). The molecule has 0 aliphatic rings. The molecule has 0 bridgehead atoms. The van der Waals surface area contributed by atoms with Crippen molar-refractivity contribution in [3.8, 4) is 0 Å². The molecular formula is C19H13NO4. The van der Waals surface area contributed by atoms with E-state index in [1.54, 1.807) is 18.2 Å². The highest BCUT2D eigenvalue weighted by atomic mass is 16.6. The lowest BCUT2D eigenvalue weighted by atomic mass is 10.00. The minimum absolute atomic E-state index is 0.00122. The van der Waals surface area contributed by atoms with E-state index in [4.69, 9.17) is 4.42 Å². The molecule has 0 radical (unpaired) electrons. The van der Waals surface area contributed by atoms with Crippen LogP contribution in [0, 0.1) is 10.1 Å². The second kappa shape index (κ2) is 5.47. The molecule has 1 atom stereocenters. The van der Waals surface area contributed by atoms with E-state index in [0.29, 0.717) is 16.7 Å². The van der Waals surface area contributed by atoms with Gasteiger partial charge in [-0.1, -0.05) is 30.3 Å². The van der Waals surface area contributed by atoms with Gasteiger partial charge in [-0.3, -0.25) is 10.1 Å². The zero-order valence-electron chi connectivity index (χ0n) is 12.5. The summed E-state index contributed by atoms with van der Waals surface area (Å²) >= 11 is 0. The second-order valence-corrected chi connectivity index (χ2v) is 5.60. The van der Waals surface area contributed by atoms with Crippen LogP contribution >= 0.6 is 0 Å². The van der Waals surface area contributed by atoms with Gasteiger partial charge >= 0.3 is 0 Å². The number of hydrogen-bond donors (Lipinski definition) is 1. The van der Waals surface area contributed by atoms with Crippen LogP contribution in [0.5, 0.6) is 0 Å². The smallest absolute Gasteiger partial charge is 0.269 e. The Bertz CT molecular complexity index is 1050. The number of furan rings is 1. The molecule has 5 heteroatoms. The van der Waals surface area contributed by atoms with Gasteiger partial charge in [0.2, 0.25) is 0 Å². The number of non-ortho nitro benzene ring substituents is 1. The lowest BCUT2D eigenvalue weighted by Crippen LogP contribution is -1.99. The Balaban J connectivity index is 1.75. The van der Waals surface area contributed by atoms with E-state index in [0.717, 1.165) is 16.4 Å². The van der Waals surface area contributed by atoms with Crippen molar-refractivity contribution in [3.05, 3.63) is 88.0 Å². The van der Waals surface area contributed by atoms with Crippen LogP contribution in [0.1, 0.15) is 17.2 Å². The van der Waals surface area contributed by atoms with Crippen LogP contribution in [-0.2, 0) is 0 Å². The van der Waals surface area contributed by atoms with Crippen LogP contribution in [0.4, 0.5) is 5.69 Å². The first-order valence-corrected chi connectivity index (χ1v) is 7.47. The third kappa shape index (κ3) is 2.31. The summed E-state index contributed by atoms with van der Waals surface area (Å²) in [6, 6.07) is 19.2. The van der Waals surface area contributed by atoms with Crippen molar-refractivity contribution in [1.29, 1.82) is 0 Å². The van der Waals surface area contributed by atoms with Gasteiger partial charge in [0.25, 0.3) is 5.69 Å². The molecule has 1 aromatic heterocycles. The van der Waals surface area contributed by atoms with Crippen LogP contribution in [0.3, 0.4) is 0 Å². The molecular weight excluding hydrogens is 306 g/mol. The Morgan fingerprint density at radius 1 is 0.875 bits per heavy atom. The summed E-state index contributed by atoms with van der Waals surface area (Å²) in [4.78, 5) is 10.3. The fourth-order valence-corrected chi connectivity index (χ4v) is 2.88. The standard InChI is InChI=1S/C19H13NO4/c21-19(12-5-8-14(9-6-12)20(22)23)13-7-10-16-15-3-1-2-4-17(15)24-18(16)11-13/h1-11,19,21H/t19-/m0/s1. The number of aliphatic hydroxyl groups excluding tert-OH is 1. The van der Waals surface area contributed by atoms with Crippen LogP contribution < -0.4 is 0 Å². The summed E-state index contributed by atoms with van der Waals surface area (Å²) in [5.74, 6) is 0. The number of para-hydroxylation sites is 1. The van der Waals surface area contributed by atoms with Crippen molar-refractivity contribution in [1.82, 2.24) is 0 Å².